The third-order valence-corrected chi connectivity index (χ3v) is 7.59. The van der Waals surface area contributed by atoms with E-state index in [1.807, 2.05) is 30.6 Å². The third kappa shape index (κ3) is 3.49. The lowest BCUT2D eigenvalue weighted by Crippen LogP contribution is -2.61. The monoisotopic (exact) mass is 443 g/mol. The van der Waals surface area contributed by atoms with Crippen molar-refractivity contribution in [3.05, 3.63) is 54.4 Å². The van der Waals surface area contributed by atoms with Gasteiger partial charge in [0.1, 0.15) is 28.2 Å². The lowest BCUT2D eigenvalue weighted by Gasteiger charge is -2.50. The third-order valence-electron chi connectivity index (χ3n) is 6.58. The molecule has 0 amide bonds. The molecule has 1 N–H and O–H groups in total. The van der Waals surface area contributed by atoms with Crippen molar-refractivity contribution in [2.45, 2.75) is 31.8 Å². The minimum Gasteiger partial charge on any atom is -0.351 e. The first-order valence-corrected chi connectivity index (χ1v) is 11.9. The van der Waals surface area contributed by atoms with Gasteiger partial charge in [-0.1, -0.05) is 12.1 Å². The molecule has 7 heterocycles. The Bertz CT molecular complexity index is 1290. The molecule has 0 aliphatic carbocycles. The zero-order chi connectivity index (χ0) is 21.7. The van der Waals surface area contributed by atoms with Crippen LogP contribution < -0.4 is 10.2 Å². The Morgan fingerprint density at radius 2 is 1.91 bits per heavy atom. The highest BCUT2D eigenvalue weighted by Crippen LogP contribution is 2.33. The molecule has 162 valence electrons. The number of thiazole rings is 1. The molecule has 0 radical (unpaired) electrons. The highest BCUT2D eigenvalue weighted by Gasteiger charge is 2.37. The zero-order valence-corrected chi connectivity index (χ0v) is 19.0. The number of hydrogen-bond acceptors (Lipinski definition) is 8. The van der Waals surface area contributed by atoms with E-state index in [-0.39, 0.29) is 0 Å². The predicted molar refractivity (Wildman–Crippen MR) is 130 cm³/mol. The van der Waals surface area contributed by atoms with E-state index in [1.165, 1.54) is 12.8 Å². The number of aryl methyl sites for hydroxylation is 1. The van der Waals surface area contributed by atoms with E-state index >= 15 is 0 Å². The summed E-state index contributed by atoms with van der Waals surface area (Å²) in [6.45, 7) is 4.23. The molecule has 2 atom stereocenters. The summed E-state index contributed by atoms with van der Waals surface area (Å²) in [6, 6.07) is 13.3. The van der Waals surface area contributed by atoms with Crippen LogP contribution in [0.15, 0.2) is 48.8 Å². The van der Waals surface area contributed by atoms with Gasteiger partial charge < -0.3 is 10.2 Å². The highest BCUT2D eigenvalue weighted by atomic mass is 32.1. The van der Waals surface area contributed by atoms with Crippen molar-refractivity contribution in [1.82, 2.24) is 24.8 Å². The van der Waals surface area contributed by atoms with Gasteiger partial charge in [-0.3, -0.25) is 9.88 Å². The molecule has 8 heteroatoms. The van der Waals surface area contributed by atoms with Gasteiger partial charge in [0.25, 0.3) is 0 Å². The van der Waals surface area contributed by atoms with Gasteiger partial charge >= 0.3 is 0 Å². The largest absolute Gasteiger partial charge is 0.351 e. The van der Waals surface area contributed by atoms with Crippen molar-refractivity contribution in [2.75, 3.05) is 30.4 Å². The quantitative estimate of drug-likeness (QED) is 0.498. The Labute approximate surface area is 191 Å². The molecule has 4 aromatic heterocycles. The summed E-state index contributed by atoms with van der Waals surface area (Å²) in [5.41, 5.74) is 2.97. The Kier molecular flexibility index (Phi) is 4.77. The van der Waals surface area contributed by atoms with Crippen molar-refractivity contribution in [1.29, 1.82) is 0 Å². The SMILES string of the molecule is Cc1cccnc1-c1nc2cc(Nc3cccc(N4CC5CCC4CN5C)n3)ncc2s1. The molecule has 0 saturated carbocycles. The number of aromatic nitrogens is 4. The van der Waals surface area contributed by atoms with Gasteiger partial charge in [-0.25, -0.2) is 15.0 Å². The Hall–Kier alpha value is -3.10. The molecular formula is C24H25N7S. The Balaban J connectivity index is 1.25. The molecule has 0 spiro atoms. The maximum atomic E-state index is 4.91. The number of likely N-dealkylation sites (N-methyl/N-ethyl adjacent to an activating group) is 1. The second-order valence-electron chi connectivity index (χ2n) is 8.71. The van der Waals surface area contributed by atoms with Crippen LogP contribution in [0.4, 0.5) is 17.5 Å². The number of anilines is 3. The zero-order valence-electron chi connectivity index (χ0n) is 18.2. The maximum Gasteiger partial charge on any atom is 0.143 e. The van der Waals surface area contributed by atoms with Crippen LogP contribution in [0.25, 0.3) is 20.9 Å². The fraction of sp³-hybridized carbons (Fsp3) is 0.333. The van der Waals surface area contributed by atoms with Gasteiger partial charge in [-0.15, -0.1) is 11.3 Å². The molecule has 3 aliphatic heterocycles. The van der Waals surface area contributed by atoms with Gasteiger partial charge in [0.2, 0.25) is 0 Å². The smallest absolute Gasteiger partial charge is 0.143 e. The number of nitrogens with zero attached hydrogens (tertiary/aromatic N) is 6. The summed E-state index contributed by atoms with van der Waals surface area (Å²) in [5.74, 6) is 2.59. The molecule has 7 nitrogen and oxygen atoms in total. The summed E-state index contributed by atoms with van der Waals surface area (Å²) in [6.07, 6.45) is 6.21. The molecule has 0 aromatic carbocycles. The topological polar surface area (TPSA) is 70.1 Å². The van der Waals surface area contributed by atoms with Crippen molar-refractivity contribution in [2.24, 2.45) is 0 Å². The summed E-state index contributed by atoms with van der Waals surface area (Å²) in [7, 11) is 2.24. The number of piperidine rings is 2. The number of piperazine rings is 1. The predicted octanol–water partition coefficient (Wildman–Crippen LogP) is 4.48. The van der Waals surface area contributed by atoms with E-state index in [0.29, 0.717) is 12.1 Å². The van der Waals surface area contributed by atoms with Crippen molar-refractivity contribution >= 4 is 39.0 Å². The Morgan fingerprint density at radius 1 is 1.00 bits per heavy atom. The first kappa shape index (κ1) is 19.6. The minimum absolute atomic E-state index is 0.547. The molecule has 4 aromatic rings. The maximum absolute atomic E-state index is 4.91. The van der Waals surface area contributed by atoms with Gasteiger partial charge in [0, 0.05) is 43.6 Å². The lowest BCUT2D eigenvalue weighted by molar-refractivity contribution is 0.124. The van der Waals surface area contributed by atoms with Crippen LogP contribution in [-0.2, 0) is 0 Å². The van der Waals surface area contributed by atoms with E-state index in [1.54, 1.807) is 11.3 Å². The van der Waals surface area contributed by atoms with Gasteiger partial charge in [-0.05, 0) is 50.6 Å². The van der Waals surface area contributed by atoms with E-state index < -0.39 is 0 Å². The molecule has 7 rings (SSSR count). The summed E-state index contributed by atoms with van der Waals surface area (Å²) >= 11 is 1.62. The normalized spacial score (nSPS) is 20.8. The fourth-order valence-electron chi connectivity index (χ4n) is 4.82. The number of nitrogens with one attached hydrogen (secondary N) is 1. The van der Waals surface area contributed by atoms with E-state index in [0.717, 1.165) is 57.0 Å². The second-order valence-corrected chi connectivity index (χ2v) is 9.74. The van der Waals surface area contributed by atoms with Gasteiger partial charge in [0.05, 0.1) is 10.2 Å². The second kappa shape index (κ2) is 7.79. The van der Waals surface area contributed by atoms with Crippen molar-refractivity contribution in [3.63, 3.8) is 0 Å². The van der Waals surface area contributed by atoms with Crippen LogP contribution in [0.3, 0.4) is 0 Å². The highest BCUT2D eigenvalue weighted by molar-refractivity contribution is 7.21. The van der Waals surface area contributed by atoms with Crippen LogP contribution >= 0.6 is 11.3 Å². The van der Waals surface area contributed by atoms with Crippen LogP contribution in [0.2, 0.25) is 0 Å². The van der Waals surface area contributed by atoms with Crippen LogP contribution in [0, 0.1) is 6.92 Å². The van der Waals surface area contributed by atoms with E-state index in [9.17, 15) is 0 Å². The average molecular weight is 444 g/mol. The summed E-state index contributed by atoms with van der Waals surface area (Å²) < 4.78 is 1.05. The summed E-state index contributed by atoms with van der Waals surface area (Å²) in [5, 5.41) is 4.30. The molecule has 2 bridgehead atoms. The van der Waals surface area contributed by atoms with E-state index in [4.69, 9.17) is 9.97 Å². The van der Waals surface area contributed by atoms with Crippen LogP contribution in [0.5, 0.6) is 0 Å². The van der Waals surface area contributed by atoms with Gasteiger partial charge in [-0.2, -0.15) is 0 Å². The van der Waals surface area contributed by atoms with Crippen LogP contribution in [0.1, 0.15) is 18.4 Å². The standard InChI is InChI=1S/C24H25N7S/c1-15-5-4-10-25-23(15)24-27-18-11-21(26-12-19(18)32-24)28-20-6-3-7-22(29-20)31-14-16-8-9-17(31)13-30(16)2/h3-7,10-12,16-17H,8-9,13-14H2,1-2H3,(H,26,28,29). The molecule has 3 saturated heterocycles. The lowest BCUT2D eigenvalue weighted by atomic mass is 9.91. The first-order valence-electron chi connectivity index (χ1n) is 11.0. The molecule has 3 aliphatic rings. The van der Waals surface area contributed by atoms with Crippen molar-refractivity contribution < 1.29 is 0 Å². The fourth-order valence-corrected chi connectivity index (χ4v) is 5.79. The molecule has 3 fully saturated rings. The number of hydrogen-bond donors (Lipinski definition) is 1. The summed E-state index contributed by atoms with van der Waals surface area (Å²) in [4.78, 5) is 23.8. The first-order chi connectivity index (χ1) is 15.6. The Morgan fingerprint density at radius 3 is 2.72 bits per heavy atom. The van der Waals surface area contributed by atoms with Crippen molar-refractivity contribution in [3.8, 4) is 10.7 Å². The minimum atomic E-state index is 0.547. The molecule has 32 heavy (non-hydrogen) atoms. The number of rotatable bonds is 4. The number of fused-ring (bicyclic) bond motifs is 4. The van der Waals surface area contributed by atoms with Crippen LogP contribution in [-0.4, -0.2) is 57.1 Å². The average Bonchev–Trinajstić information content (AvgIpc) is 3.23. The van der Waals surface area contributed by atoms with E-state index in [2.05, 4.69) is 57.3 Å². The molecule has 2 unspecified atom stereocenters. The number of pyridine rings is 3. The van der Waals surface area contributed by atoms with Gasteiger partial charge in [0.15, 0.2) is 0 Å². The molecular weight excluding hydrogens is 418 g/mol.